The SMILES string of the molecule is CCc1cnc(N(CCC(C)(C)C)C(C)CC)nc1. The fourth-order valence-electron chi connectivity index (χ4n) is 1.87. The first-order valence-electron chi connectivity index (χ1n) is 7.45. The summed E-state index contributed by atoms with van der Waals surface area (Å²) in [4.78, 5) is 11.4. The van der Waals surface area contributed by atoms with Crippen molar-refractivity contribution in [2.24, 2.45) is 5.41 Å². The van der Waals surface area contributed by atoms with Gasteiger partial charge in [0.25, 0.3) is 0 Å². The average Bonchev–Trinajstić information content (AvgIpc) is 2.38. The lowest BCUT2D eigenvalue weighted by Gasteiger charge is -2.31. The summed E-state index contributed by atoms with van der Waals surface area (Å²) in [6.07, 6.45) is 7.16. The largest absolute Gasteiger partial charge is 0.338 e. The predicted octanol–water partition coefficient (Wildman–Crippen LogP) is 4.08. The zero-order valence-electron chi connectivity index (χ0n) is 13.4. The molecular formula is C16H29N3. The fraction of sp³-hybridized carbons (Fsp3) is 0.750. The van der Waals surface area contributed by atoms with Crippen molar-refractivity contribution in [2.75, 3.05) is 11.4 Å². The van der Waals surface area contributed by atoms with Crippen LogP contribution in [-0.4, -0.2) is 22.6 Å². The minimum atomic E-state index is 0.342. The van der Waals surface area contributed by atoms with Crippen molar-refractivity contribution in [1.82, 2.24) is 9.97 Å². The molecule has 0 saturated heterocycles. The summed E-state index contributed by atoms with van der Waals surface area (Å²) in [5.41, 5.74) is 1.54. The number of rotatable bonds is 6. The summed E-state index contributed by atoms with van der Waals surface area (Å²) >= 11 is 0. The molecule has 0 radical (unpaired) electrons. The lowest BCUT2D eigenvalue weighted by atomic mass is 9.92. The lowest BCUT2D eigenvalue weighted by molar-refractivity contribution is 0.371. The number of hydrogen-bond acceptors (Lipinski definition) is 3. The van der Waals surface area contributed by atoms with E-state index in [0.29, 0.717) is 11.5 Å². The molecule has 0 bridgehead atoms. The molecule has 0 amide bonds. The van der Waals surface area contributed by atoms with Gasteiger partial charge in [-0.1, -0.05) is 34.6 Å². The monoisotopic (exact) mass is 263 g/mol. The Hall–Kier alpha value is -1.12. The van der Waals surface area contributed by atoms with Crippen LogP contribution in [-0.2, 0) is 6.42 Å². The Bertz CT molecular complexity index is 365. The molecule has 1 rings (SSSR count). The van der Waals surface area contributed by atoms with E-state index in [1.165, 1.54) is 5.56 Å². The number of hydrogen-bond donors (Lipinski definition) is 0. The molecule has 0 aliphatic carbocycles. The van der Waals surface area contributed by atoms with Crippen molar-refractivity contribution in [2.45, 2.75) is 66.8 Å². The van der Waals surface area contributed by atoms with Gasteiger partial charge in [0, 0.05) is 25.0 Å². The molecule has 0 N–H and O–H groups in total. The van der Waals surface area contributed by atoms with Gasteiger partial charge in [-0.2, -0.15) is 0 Å². The van der Waals surface area contributed by atoms with Crippen LogP contribution < -0.4 is 4.90 Å². The van der Waals surface area contributed by atoms with Gasteiger partial charge in [-0.15, -0.1) is 0 Å². The molecule has 0 aliphatic rings. The standard InChI is InChI=1S/C16H29N3/c1-7-13(3)19(10-9-16(4,5)6)15-17-11-14(8-2)12-18-15/h11-13H,7-10H2,1-6H3. The summed E-state index contributed by atoms with van der Waals surface area (Å²) < 4.78 is 0. The molecule has 3 heteroatoms. The second-order valence-corrected chi connectivity index (χ2v) is 6.51. The molecule has 0 aliphatic heterocycles. The summed E-state index contributed by atoms with van der Waals surface area (Å²) in [6.45, 7) is 14.5. The number of anilines is 1. The van der Waals surface area contributed by atoms with E-state index in [2.05, 4.69) is 56.4 Å². The molecule has 0 spiro atoms. The van der Waals surface area contributed by atoms with Crippen molar-refractivity contribution in [3.63, 3.8) is 0 Å². The maximum atomic E-state index is 4.53. The van der Waals surface area contributed by atoms with Gasteiger partial charge < -0.3 is 4.90 Å². The second kappa shape index (κ2) is 6.88. The molecule has 19 heavy (non-hydrogen) atoms. The number of aryl methyl sites for hydroxylation is 1. The Labute approximate surface area is 118 Å². The van der Waals surface area contributed by atoms with Crippen LogP contribution in [0.5, 0.6) is 0 Å². The Morgan fingerprint density at radius 2 is 1.74 bits per heavy atom. The lowest BCUT2D eigenvalue weighted by Crippen LogP contribution is -2.36. The van der Waals surface area contributed by atoms with Crippen molar-refractivity contribution >= 4 is 5.95 Å². The highest BCUT2D eigenvalue weighted by Gasteiger charge is 2.19. The van der Waals surface area contributed by atoms with Gasteiger partial charge in [-0.3, -0.25) is 0 Å². The van der Waals surface area contributed by atoms with Crippen LogP contribution in [0.4, 0.5) is 5.95 Å². The summed E-state index contributed by atoms with van der Waals surface area (Å²) in [5, 5.41) is 0. The highest BCUT2D eigenvalue weighted by atomic mass is 15.3. The molecule has 0 fully saturated rings. The fourth-order valence-corrected chi connectivity index (χ4v) is 1.87. The van der Waals surface area contributed by atoms with Crippen LogP contribution in [0.15, 0.2) is 12.4 Å². The molecule has 0 aromatic carbocycles. The van der Waals surface area contributed by atoms with Gasteiger partial charge in [0.15, 0.2) is 0 Å². The summed E-state index contributed by atoms with van der Waals surface area (Å²) in [6, 6.07) is 0.481. The van der Waals surface area contributed by atoms with E-state index in [-0.39, 0.29) is 0 Å². The Morgan fingerprint density at radius 1 is 1.16 bits per heavy atom. The molecule has 1 heterocycles. The molecule has 1 aromatic rings. The predicted molar refractivity (Wildman–Crippen MR) is 82.6 cm³/mol. The van der Waals surface area contributed by atoms with Gasteiger partial charge in [-0.05, 0) is 37.2 Å². The van der Waals surface area contributed by atoms with Gasteiger partial charge >= 0.3 is 0 Å². The molecule has 1 atom stereocenters. The van der Waals surface area contributed by atoms with Crippen LogP contribution in [0.3, 0.4) is 0 Å². The van der Waals surface area contributed by atoms with E-state index in [0.717, 1.165) is 31.8 Å². The summed E-state index contributed by atoms with van der Waals surface area (Å²) in [5.74, 6) is 0.871. The third-order valence-electron chi connectivity index (χ3n) is 3.58. The normalized spacial score (nSPS) is 13.4. The molecule has 3 nitrogen and oxygen atoms in total. The Kier molecular flexibility index (Phi) is 5.77. The van der Waals surface area contributed by atoms with E-state index in [4.69, 9.17) is 0 Å². The van der Waals surface area contributed by atoms with Crippen molar-refractivity contribution < 1.29 is 0 Å². The molecule has 0 saturated carbocycles. The topological polar surface area (TPSA) is 29.0 Å². The quantitative estimate of drug-likeness (QED) is 0.774. The van der Waals surface area contributed by atoms with Crippen molar-refractivity contribution in [3.8, 4) is 0 Å². The van der Waals surface area contributed by atoms with Crippen LogP contribution in [0.25, 0.3) is 0 Å². The highest BCUT2D eigenvalue weighted by Crippen LogP contribution is 2.22. The first-order chi connectivity index (χ1) is 8.87. The van der Waals surface area contributed by atoms with Crippen molar-refractivity contribution in [1.29, 1.82) is 0 Å². The van der Waals surface area contributed by atoms with Crippen LogP contribution >= 0.6 is 0 Å². The second-order valence-electron chi connectivity index (χ2n) is 6.51. The van der Waals surface area contributed by atoms with E-state index < -0.39 is 0 Å². The smallest absolute Gasteiger partial charge is 0.225 e. The molecule has 1 aromatic heterocycles. The Balaban J connectivity index is 2.83. The van der Waals surface area contributed by atoms with Crippen LogP contribution in [0.1, 0.15) is 59.9 Å². The van der Waals surface area contributed by atoms with E-state index >= 15 is 0 Å². The molecular weight excluding hydrogens is 234 g/mol. The maximum Gasteiger partial charge on any atom is 0.225 e. The van der Waals surface area contributed by atoms with Crippen molar-refractivity contribution in [3.05, 3.63) is 18.0 Å². The third kappa shape index (κ3) is 5.17. The van der Waals surface area contributed by atoms with Gasteiger partial charge in [0.05, 0.1) is 0 Å². The zero-order chi connectivity index (χ0) is 14.5. The minimum absolute atomic E-state index is 0.342. The van der Waals surface area contributed by atoms with Gasteiger partial charge in [0.1, 0.15) is 0 Å². The number of aromatic nitrogens is 2. The third-order valence-corrected chi connectivity index (χ3v) is 3.58. The molecule has 108 valence electrons. The van der Waals surface area contributed by atoms with Crippen LogP contribution in [0, 0.1) is 5.41 Å². The van der Waals surface area contributed by atoms with E-state index in [9.17, 15) is 0 Å². The Morgan fingerprint density at radius 3 is 2.16 bits per heavy atom. The maximum absolute atomic E-state index is 4.53. The van der Waals surface area contributed by atoms with E-state index in [1.54, 1.807) is 0 Å². The van der Waals surface area contributed by atoms with Gasteiger partial charge in [-0.25, -0.2) is 9.97 Å². The first-order valence-corrected chi connectivity index (χ1v) is 7.45. The zero-order valence-corrected chi connectivity index (χ0v) is 13.4. The van der Waals surface area contributed by atoms with Crippen LogP contribution in [0.2, 0.25) is 0 Å². The summed E-state index contributed by atoms with van der Waals surface area (Å²) in [7, 11) is 0. The highest BCUT2D eigenvalue weighted by molar-refractivity contribution is 5.31. The average molecular weight is 263 g/mol. The number of nitrogens with zero attached hydrogens (tertiary/aromatic N) is 3. The molecule has 1 unspecified atom stereocenters. The minimum Gasteiger partial charge on any atom is -0.338 e. The van der Waals surface area contributed by atoms with Gasteiger partial charge in [0.2, 0.25) is 5.95 Å². The van der Waals surface area contributed by atoms with E-state index in [1.807, 2.05) is 12.4 Å². The first kappa shape index (κ1) is 15.9.